The highest BCUT2D eigenvalue weighted by molar-refractivity contribution is 5.95. The first-order chi connectivity index (χ1) is 26.4. The van der Waals surface area contributed by atoms with Crippen molar-refractivity contribution < 1.29 is 74.2 Å². The number of ketones is 1. The number of aliphatic hydroxyl groups excluding tert-OH is 6. The number of fused-ring (bicyclic) bond motifs is 7. The van der Waals surface area contributed by atoms with Gasteiger partial charge in [-0.15, -0.1) is 0 Å². The minimum atomic E-state index is -1.92. The van der Waals surface area contributed by atoms with Crippen LogP contribution in [0.1, 0.15) is 106 Å². The smallest absolute Gasteiger partial charge is 0.335 e. The van der Waals surface area contributed by atoms with E-state index in [2.05, 4.69) is 41.5 Å². The lowest BCUT2D eigenvalue weighted by Crippen LogP contribution is -2.67. The summed E-state index contributed by atoms with van der Waals surface area (Å²) in [6.45, 7) is 14.6. The number of carbonyl (C=O) groups is 3. The quantitative estimate of drug-likeness (QED) is 0.172. The predicted molar refractivity (Wildman–Crippen MR) is 199 cm³/mol. The van der Waals surface area contributed by atoms with Crippen LogP contribution in [0.2, 0.25) is 0 Å². The van der Waals surface area contributed by atoms with E-state index in [0.29, 0.717) is 25.7 Å². The molecule has 7 aliphatic rings. The molecule has 0 aromatic rings. The average molecular weight is 809 g/mol. The Hall–Kier alpha value is -2.05. The lowest BCUT2D eigenvalue weighted by Gasteiger charge is -2.70. The number of allylic oxidation sites excluding steroid dienone is 2. The molecular weight excluding hydrogens is 744 g/mol. The number of carbonyl (C=O) groups excluding carboxylic acids is 1. The van der Waals surface area contributed by atoms with Gasteiger partial charge in [0.25, 0.3) is 0 Å². The van der Waals surface area contributed by atoms with E-state index < -0.39 is 102 Å². The Morgan fingerprint density at radius 1 is 0.754 bits per heavy atom. The summed E-state index contributed by atoms with van der Waals surface area (Å²) in [6.07, 6.45) is -8.99. The second-order valence-corrected chi connectivity index (χ2v) is 20.6. The van der Waals surface area contributed by atoms with E-state index in [0.717, 1.165) is 37.7 Å². The zero-order valence-electron chi connectivity index (χ0n) is 34.2. The van der Waals surface area contributed by atoms with Crippen LogP contribution < -0.4 is 0 Å². The Labute approximate surface area is 333 Å². The van der Waals surface area contributed by atoms with E-state index in [1.54, 1.807) is 0 Å². The van der Waals surface area contributed by atoms with Crippen molar-refractivity contribution in [2.45, 2.75) is 174 Å². The number of ether oxygens (including phenoxy) is 4. The molecule has 0 unspecified atom stereocenters. The molecule has 0 radical (unpaired) electrons. The number of carboxylic acids is 2. The third-order valence-electron chi connectivity index (χ3n) is 17.2. The second kappa shape index (κ2) is 14.3. The van der Waals surface area contributed by atoms with E-state index in [-0.39, 0.29) is 39.8 Å². The van der Waals surface area contributed by atoms with Crippen LogP contribution in [0.15, 0.2) is 11.6 Å². The van der Waals surface area contributed by atoms with Gasteiger partial charge in [0.2, 0.25) is 0 Å². The zero-order valence-corrected chi connectivity index (χ0v) is 34.2. The first-order valence-electron chi connectivity index (χ1n) is 20.7. The molecule has 7 rings (SSSR count). The number of hydrogen-bond donors (Lipinski definition) is 8. The monoisotopic (exact) mass is 808 g/mol. The van der Waals surface area contributed by atoms with E-state index in [1.165, 1.54) is 0 Å². The Bertz CT molecular complexity index is 1650. The van der Waals surface area contributed by atoms with Gasteiger partial charge < -0.3 is 59.8 Å². The number of aliphatic hydroxyl groups is 6. The van der Waals surface area contributed by atoms with Crippen molar-refractivity contribution in [3.05, 3.63) is 11.6 Å². The summed E-state index contributed by atoms with van der Waals surface area (Å²) in [6, 6.07) is 0. The molecule has 6 fully saturated rings. The lowest BCUT2D eigenvalue weighted by molar-refractivity contribution is -0.343. The molecule has 2 saturated heterocycles. The average Bonchev–Trinajstić information content (AvgIpc) is 3.13. The van der Waals surface area contributed by atoms with Gasteiger partial charge in [-0.3, -0.25) is 9.59 Å². The molecule has 8 N–H and O–H groups in total. The van der Waals surface area contributed by atoms with Crippen LogP contribution in [0.25, 0.3) is 0 Å². The minimum absolute atomic E-state index is 0.0188. The van der Waals surface area contributed by atoms with Crippen molar-refractivity contribution >= 4 is 17.7 Å². The van der Waals surface area contributed by atoms with E-state index >= 15 is 0 Å². The minimum Gasteiger partial charge on any atom is -0.481 e. The Morgan fingerprint density at radius 2 is 1.39 bits per heavy atom. The van der Waals surface area contributed by atoms with E-state index in [1.807, 2.05) is 13.0 Å². The van der Waals surface area contributed by atoms with E-state index in [4.69, 9.17) is 18.9 Å². The maximum atomic E-state index is 14.8. The highest BCUT2D eigenvalue weighted by atomic mass is 16.7. The van der Waals surface area contributed by atoms with Crippen molar-refractivity contribution in [2.24, 2.45) is 50.2 Å². The molecule has 0 spiro atoms. The molecule has 2 heterocycles. The third kappa shape index (κ3) is 6.39. The normalized spacial score (nSPS) is 53.4. The molecule has 0 bridgehead atoms. The van der Waals surface area contributed by atoms with Gasteiger partial charge in [0.15, 0.2) is 24.5 Å². The van der Waals surface area contributed by atoms with Crippen molar-refractivity contribution in [1.29, 1.82) is 0 Å². The maximum Gasteiger partial charge on any atom is 0.335 e. The first kappa shape index (κ1) is 43.1. The fourth-order valence-corrected chi connectivity index (χ4v) is 13.3. The van der Waals surface area contributed by atoms with Crippen LogP contribution in [0.5, 0.6) is 0 Å². The molecule has 2 aliphatic heterocycles. The first-order valence-corrected chi connectivity index (χ1v) is 20.7. The summed E-state index contributed by atoms with van der Waals surface area (Å²) in [5.41, 5.74) is -1.33. The summed E-state index contributed by atoms with van der Waals surface area (Å²) >= 11 is 0. The molecule has 15 nitrogen and oxygen atoms in total. The molecule has 322 valence electrons. The van der Waals surface area contributed by atoms with E-state index in [9.17, 15) is 55.2 Å². The highest BCUT2D eigenvalue weighted by Gasteiger charge is 2.70. The van der Waals surface area contributed by atoms with Crippen molar-refractivity contribution in [3.63, 3.8) is 0 Å². The van der Waals surface area contributed by atoms with Gasteiger partial charge in [-0.2, -0.15) is 0 Å². The summed E-state index contributed by atoms with van der Waals surface area (Å²) < 4.78 is 23.2. The summed E-state index contributed by atoms with van der Waals surface area (Å²) in [5.74, 6) is -2.48. The predicted octanol–water partition coefficient (Wildman–Crippen LogP) is 2.15. The van der Waals surface area contributed by atoms with Crippen LogP contribution in [0, 0.1) is 50.2 Å². The number of hydrogen-bond acceptors (Lipinski definition) is 13. The SMILES string of the molecule is CC1(C)[C@@H](O[C@H]2O[C@H](CO[C@@H]3O[C@H](C(=O)O)[C@@H](O)[C@H](O)[C@H]3O)[C@@H](O)[C@H](O)[C@H]2O)CC[C@]2(C)[C@H]3C(=O)C=C4[C@H]5C[C@@](C)(C(=O)O)CC[C@]5(C)CC[C@@]4(C)[C@]3(C)CC[C@@H]12. The number of rotatable bonds is 7. The summed E-state index contributed by atoms with van der Waals surface area (Å²) in [5, 5.41) is 83.0. The largest absolute Gasteiger partial charge is 0.481 e. The molecule has 19 atom stereocenters. The Balaban J connectivity index is 1.09. The van der Waals surface area contributed by atoms with Gasteiger partial charge in [-0.25, -0.2) is 4.79 Å². The van der Waals surface area contributed by atoms with Crippen molar-refractivity contribution in [1.82, 2.24) is 0 Å². The number of carboxylic acid groups (broad SMARTS) is 2. The standard InChI is InChI=1S/C42H64O15/c1-37(2)23-8-11-42(7)32(21(43)16-19-20-17-39(4,36(52)53)13-12-38(20,3)14-15-41(19,42)6)40(23,5)10-9-24(37)56-35-30(49)26(45)25(44)22(55-35)18-54-34-29(48)27(46)28(47)31(57-34)33(50)51/h16,20,22-32,34-35,44-49H,8-15,17-18H2,1-7H3,(H,50,51)(H,52,53)/t20-,22-,23+,24+,25-,26+,27+,28+,29-,30-,31+,32-,34-,35-,38-,39+,40+,41-,42-/m1/s1. The van der Waals surface area contributed by atoms with Crippen LogP contribution in [0.3, 0.4) is 0 Å². The van der Waals surface area contributed by atoms with Gasteiger partial charge in [0, 0.05) is 5.92 Å². The topological polar surface area (TPSA) is 250 Å². The second-order valence-electron chi connectivity index (χ2n) is 20.6. The molecule has 5 aliphatic carbocycles. The van der Waals surface area contributed by atoms with Crippen LogP contribution in [-0.2, 0) is 33.3 Å². The molecule has 0 aromatic heterocycles. The van der Waals surface area contributed by atoms with Crippen LogP contribution in [-0.4, -0.2) is 133 Å². The van der Waals surface area contributed by atoms with Gasteiger partial charge >= 0.3 is 11.9 Å². The van der Waals surface area contributed by atoms with Crippen LogP contribution in [0.4, 0.5) is 0 Å². The maximum absolute atomic E-state index is 14.8. The molecular formula is C42H64O15. The number of aliphatic carboxylic acids is 2. The van der Waals surface area contributed by atoms with Gasteiger partial charge in [-0.1, -0.05) is 47.1 Å². The Kier molecular flexibility index (Phi) is 10.8. The third-order valence-corrected chi connectivity index (χ3v) is 17.2. The van der Waals surface area contributed by atoms with Gasteiger partial charge in [-0.05, 0) is 110 Å². The molecule has 0 amide bonds. The van der Waals surface area contributed by atoms with Gasteiger partial charge in [0.05, 0.1) is 18.1 Å². The fraction of sp³-hybridized carbons (Fsp3) is 0.881. The zero-order chi connectivity index (χ0) is 42.0. The lowest BCUT2D eigenvalue weighted by atomic mass is 9.33. The van der Waals surface area contributed by atoms with Crippen LogP contribution >= 0.6 is 0 Å². The molecule has 15 heteroatoms. The fourth-order valence-electron chi connectivity index (χ4n) is 13.3. The summed E-state index contributed by atoms with van der Waals surface area (Å²) in [4.78, 5) is 38.8. The molecule has 0 aromatic carbocycles. The highest BCUT2D eigenvalue weighted by Crippen LogP contribution is 2.75. The Morgan fingerprint density at radius 3 is 2.04 bits per heavy atom. The molecule has 57 heavy (non-hydrogen) atoms. The van der Waals surface area contributed by atoms with Crippen molar-refractivity contribution in [2.75, 3.05) is 6.61 Å². The van der Waals surface area contributed by atoms with Gasteiger partial charge in [0.1, 0.15) is 42.7 Å². The molecule has 4 saturated carbocycles. The van der Waals surface area contributed by atoms with Crippen molar-refractivity contribution in [3.8, 4) is 0 Å². The summed E-state index contributed by atoms with van der Waals surface area (Å²) in [7, 11) is 0.